The zero-order valence-electron chi connectivity index (χ0n) is 14.3. The normalized spacial score (nSPS) is 19.5. The summed E-state index contributed by atoms with van der Waals surface area (Å²) in [5.41, 5.74) is -1.03. The first-order chi connectivity index (χ1) is 11.4. The molecule has 24 heavy (non-hydrogen) atoms. The lowest BCUT2D eigenvalue weighted by molar-refractivity contribution is -0.385. The molecular weight excluding hydrogens is 310 g/mol. The van der Waals surface area contributed by atoms with Crippen LogP contribution in [0.1, 0.15) is 39.5 Å². The van der Waals surface area contributed by atoms with Crippen LogP contribution in [0.15, 0.2) is 12.4 Å². The Morgan fingerprint density at radius 3 is 2.58 bits per heavy atom. The maximum Gasteiger partial charge on any atom is 0.307 e. The zero-order chi connectivity index (χ0) is 17.3. The summed E-state index contributed by atoms with van der Waals surface area (Å²) in [6.07, 6.45) is 7.09. The highest BCUT2D eigenvalue weighted by atomic mass is 16.6. The largest absolute Gasteiger partial charge is 0.340 e. The van der Waals surface area contributed by atoms with E-state index >= 15 is 0 Å². The number of likely N-dealkylation sites (tertiary alicyclic amines) is 1. The van der Waals surface area contributed by atoms with E-state index < -0.39 is 10.5 Å². The fraction of sp³-hybridized carbons (Fsp3) is 0.750. The Hall–Kier alpha value is -1.96. The van der Waals surface area contributed by atoms with Gasteiger partial charge in [-0.05, 0) is 52.0 Å². The summed E-state index contributed by atoms with van der Waals surface area (Å²) >= 11 is 0. The van der Waals surface area contributed by atoms with Crippen LogP contribution in [0.2, 0.25) is 0 Å². The van der Waals surface area contributed by atoms with E-state index in [1.54, 1.807) is 13.8 Å². The minimum Gasteiger partial charge on any atom is -0.340 e. The summed E-state index contributed by atoms with van der Waals surface area (Å²) in [4.78, 5) is 25.0. The minimum absolute atomic E-state index is 0.0406. The molecule has 1 aliphatic heterocycles. The van der Waals surface area contributed by atoms with Crippen LogP contribution >= 0.6 is 0 Å². The molecule has 0 radical (unpaired) electrons. The summed E-state index contributed by atoms with van der Waals surface area (Å²) < 4.78 is 1.39. The number of amides is 1. The second-order valence-electron chi connectivity index (χ2n) is 7.38. The standard InChI is InChI=1S/C16H25N5O3/c1-16(2,20-11-14(10-18-20)21(23)24)15(22)19-7-5-13(6-8-19)17-9-12-3-4-12/h10-13,17H,3-9H2,1-2H3. The van der Waals surface area contributed by atoms with E-state index in [0.717, 1.165) is 25.3 Å². The van der Waals surface area contributed by atoms with Gasteiger partial charge in [0, 0.05) is 19.1 Å². The smallest absolute Gasteiger partial charge is 0.307 e. The second-order valence-corrected chi connectivity index (χ2v) is 7.38. The molecule has 1 N–H and O–H groups in total. The third-order valence-corrected chi connectivity index (χ3v) is 5.05. The Morgan fingerprint density at radius 2 is 2.04 bits per heavy atom. The van der Waals surface area contributed by atoms with E-state index in [0.29, 0.717) is 19.1 Å². The summed E-state index contributed by atoms with van der Waals surface area (Å²) in [5.74, 6) is 0.820. The highest BCUT2D eigenvalue weighted by molar-refractivity contribution is 5.83. The number of hydrogen-bond donors (Lipinski definition) is 1. The molecule has 1 aliphatic carbocycles. The molecule has 1 saturated carbocycles. The molecule has 0 unspecified atom stereocenters. The number of piperidine rings is 1. The number of nitrogens with one attached hydrogen (secondary N) is 1. The average Bonchev–Trinajstić information content (AvgIpc) is 3.25. The molecule has 1 aromatic rings. The molecule has 8 nitrogen and oxygen atoms in total. The molecule has 132 valence electrons. The molecular formula is C16H25N5O3. The Kier molecular flexibility index (Phi) is 4.58. The predicted molar refractivity (Wildman–Crippen MR) is 88.5 cm³/mol. The molecule has 1 amide bonds. The highest BCUT2D eigenvalue weighted by Crippen LogP contribution is 2.28. The Labute approximate surface area is 141 Å². The van der Waals surface area contributed by atoms with Crippen LogP contribution in [0.25, 0.3) is 0 Å². The molecule has 2 aliphatic rings. The van der Waals surface area contributed by atoms with Gasteiger partial charge < -0.3 is 10.2 Å². The first-order valence-electron chi connectivity index (χ1n) is 8.60. The first-order valence-corrected chi connectivity index (χ1v) is 8.60. The molecule has 3 rings (SSSR count). The molecule has 1 aromatic heterocycles. The summed E-state index contributed by atoms with van der Waals surface area (Å²) in [5, 5.41) is 18.4. The van der Waals surface area contributed by atoms with Crippen molar-refractivity contribution in [3.05, 3.63) is 22.5 Å². The molecule has 0 aromatic carbocycles. The highest BCUT2D eigenvalue weighted by Gasteiger charge is 2.37. The van der Waals surface area contributed by atoms with Gasteiger partial charge >= 0.3 is 5.69 Å². The van der Waals surface area contributed by atoms with Gasteiger partial charge in [0.05, 0.1) is 4.92 Å². The lowest BCUT2D eigenvalue weighted by Gasteiger charge is -2.37. The number of rotatable bonds is 6. The summed E-state index contributed by atoms with van der Waals surface area (Å²) in [7, 11) is 0. The van der Waals surface area contributed by atoms with E-state index in [-0.39, 0.29) is 11.6 Å². The van der Waals surface area contributed by atoms with Crippen molar-refractivity contribution < 1.29 is 9.72 Å². The number of carbonyl (C=O) groups is 1. The predicted octanol–water partition coefficient (Wildman–Crippen LogP) is 1.52. The monoisotopic (exact) mass is 335 g/mol. The van der Waals surface area contributed by atoms with Gasteiger partial charge in [-0.1, -0.05) is 0 Å². The van der Waals surface area contributed by atoms with Gasteiger partial charge in [-0.15, -0.1) is 0 Å². The number of carbonyl (C=O) groups excluding carboxylic acids is 1. The molecule has 0 bridgehead atoms. The molecule has 0 atom stereocenters. The fourth-order valence-electron chi connectivity index (χ4n) is 3.14. The number of nitro groups is 1. The van der Waals surface area contributed by atoms with Crippen molar-refractivity contribution in [1.29, 1.82) is 0 Å². The van der Waals surface area contributed by atoms with Crippen LogP contribution in [0.3, 0.4) is 0 Å². The maximum atomic E-state index is 12.9. The summed E-state index contributed by atoms with van der Waals surface area (Å²) in [6, 6.07) is 0.489. The van der Waals surface area contributed by atoms with Gasteiger partial charge in [0.2, 0.25) is 5.91 Å². The third-order valence-electron chi connectivity index (χ3n) is 5.05. The van der Waals surface area contributed by atoms with Crippen molar-refractivity contribution in [2.45, 2.75) is 51.1 Å². The first kappa shape index (κ1) is 16.9. The molecule has 8 heteroatoms. The Balaban J connectivity index is 1.57. The molecule has 2 fully saturated rings. The van der Waals surface area contributed by atoms with Crippen LogP contribution in [0.4, 0.5) is 5.69 Å². The van der Waals surface area contributed by atoms with E-state index in [9.17, 15) is 14.9 Å². The van der Waals surface area contributed by atoms with Crippen LogP contribution in [-0.4, -0.2) is 51.2 Å². The molecule has 2 heterocycles. The third kappa shape index (κ3) is 3.58. The van der Waals surface area contributed by atoms with Gasteiger partial charge in [0.1, 0.15) is 17.9 Å². The van der Waals surface area contributed by atoms with Crippen molar-refractivity contribution in [2.75, 3.05) is 19.6 Å². The quantitative estimate of drug-likeness (QED) is 0.628. The molecule has 1 saturated heterocycles. The lowest BCUT2D eigenvalue weighted by Crippen LogP contribution is -2.52. The number of nitrogens with zero attached hydrogens (tertiary/aromatic N) is 4. The number of hydrogen-bond acceptors (Lipinski definition) is 5. The zero-order valence-corrected chi connectivity index (χ0v) is 14.3. The van der Waals surface area contributed by atoms with Crippen LogP contribution in [0.5, 0.6) is 0 Å². The lowest BCUT2D eigenvalue weighted by atomic mass is 9.99. The second kappa shape index (κ2) is 6.51. The van der Waals surface area contributed by atoms with Gasteiger partial charge in [0.25, 0.3) is 0 Å². The minimum atomic E-state index is -0.928. The van der Waals surface area contributed by atoms with Crippen molar-refractivity contribution in [3.8, 4) is 0 Å². The van der Waals surface area contributed by atoms with E-state index in [4.69, 9.17) is 0 Å². The van der Waals surface area contributed by atoms with Gasteiger partial charge in [0.15, 0.2) is 0 Å². The van der Waals surface area contributed by atoms with Crippen molar-refractivity contribution in [3.63, 3.8) is 0 Å². The van der Waals surface area contributed by atoms with Crippen LogP contribution < -0.4 is 5.32 Å². The number of aromatic nitrogens is 2. The Bertz CT molecular complexity index is 615. The maximum absolute atomic E-state index is 12.9. The van der Waals surface area contributed by atoms with E-state index in [2.05, 4.69) is 10.4 Å². The molecule has 0 spiro atoms. The van der Waals surface area contributed by atoms with E-state index in [1.807, 2.05) is 4.90 Å². The van der Waals surface area contributed by atoms with Crippen LogP contribution in [0, 0.1) is 16.0 Å². The van der Waals surface area contributed by atoms with Gasteiger partial charge in [-0.25, -0.2) is 0 Å². The fourth-order valence-corrected chi connectivity index (χ4v) is 3.14. The van der Waals surface area contributed by atoms with Gasteiger partial charge in [-0.3, -0.25) is 19.6 Å². The Morgan fingerprint density at radius 1 is 1.38 bits per heavy atom. The SMILES string of the molecule is CC(C)(C(=O)N1CCC(NCC2CC2)CC1)n1cc([N+](=O)[O-])cn1. The topological polar surface area (TPSA) is 93.3 Å². The van der Waals surface area contributed by atoms with Crippen LogP contribution in [-0.2, 0) is 10.3 Å². The van der Waals surface area contributed by atoms with Crippen molar-refractivity contribution in [1.82, 2.24) is 20.0 Å². The average molecular weight is 335 g/mol. The summed E-state index contributed by atoms with van der Waals surface area (Å²) in [6.45, 7) is 6.04. The van der Waals surface area contributed by atoms with Crippen molar-refractivity contribution >= 4 is 11.6 Å². The van der Waals surface area contributed by atoms with E-state index in [1.165, 1.54) is 29.9 Å². The van der Waals surface area contributed by atoms with Gasteiger partial charge in [-0.2, -0.15) is 5.10 Å². The van der Waals surface area contributed by atoms with Crippen molar-refractivity contribution in [2.24, 2.45) is 5.92 Å².